The minimum atomic E-state index is -0.361. The highest BCUT2D eigenvalue weighted by atomic mass is 19.1. The molecule has 0 radical (unpaired) electrons. The minimum absolute atomic E-state index is 0.0471. The second-order valence-electron chi connectivity index (χ2n) is 15.5. The number of furan rings is 1. The highest BCUT2D eigenvalue weighted by molar-refractivity contribution is 6.10. The summed E-state index contributed by atoms with van der Waals surface area (Å²) in [4.78, 5) is 12.2. The lowest BCUT2D eigenvalue weighted by Gasteiger charge is -2.21. The van der Waals surface area contributed by atoms with E-state index in [0.29, 0.717) is 22.6 Å². The first kappa shape index (κ1) is 35.5. The number of carbonyl (C=O) groups excluding carboxylic acids is 1. The highest BCUT2D eigenvalue weighted by Crippen LogP contribution is 2.38. The van der Waals surface area contributed by atoms with Gasteiger partial charge in [0.1, 0.15) is 22.6 Å². The molecule has 1 aliphatic carbocycles. The van der Waals surface area contributed by atoms with Gasteiger partial charge < -0.3 is 8.98 Å². The van der Waals surface area contributed by atoms with Crippen LogP contribution < -0.4 is 10.6 Å². The monoisotopic (exact) mass is 779 g/mol. The molecule has 0 N–H and O–H groups in total. The van der Waals surface area contributed by atoms with E-state index in [1.807, 2.05) is 30.3 Å². The Hall–Kier alpha value is -7.63. The molecule has 1 atom stereocenters. The highest BCUT2D eigenvalue weighted by Gasteiger charge is 2.20. The molecule has 0 aliphatic heterocycles. The molecule has 0 spiro atoms. The molecule has 5 heteroatoms. The number of ketones is 1. The molecular weight excluding hydrogens is 745 g/mol. The lowest BCUT2D eigenvalue weighted by Crippen LogP contribution is -2.25. The van der Waals surface area contributed by atoms with Crippen LogP contribution in [0, 0.1) is 11.6 Å². The van der Waals surface area contributed by atoms with Gasteiger partial charge in [0.2, 0.25) is 0 Å². The van der Waals surface area contributed by atoms with Crippen molar-refractivity contribution in [2.45, 2.75) is 12.3 Å². The molecule has 0 fully saturated rings. The predicted octanol–water partition coefficient (Wildman–Crippen LogP) is 12.5. The zero-order valence-corrected chi connectivity index (χ0v) is 32.3. The molecular formula is C55H35F2NO2. The van der Waals surface area contributed by atoms with E-state index in [0.717, 1.165) is 77.4 Å². The van der Waals surface area contributed by atoms with Crippen molar-refractivity contribution in [1.29, 1.82) is 0 Å². The first-order valence-electron chi connectivity index (χ1n) is 20.1. The molecule has 0 saturated carbocycles. The van der Waals surface area contributed by atoms with Gasteiger partial charge >= 0.3 is 0 Å². The molecule has 10 aromatic rings. The summed E-state index contributed by atoms with van der Waals surface area (Å²) in [6.45, 7) is 0. The van der Waals surface area contributed by atoms with E-state index in [9.17, 15) is 13.6 Å². The van der Waals surface area contributed by atoms with Crippen LogP contribution in [0.4, 0.5) is 8.78 Å². The summed E-state index contributed by atoms with van der Waals surface area (Å²) in [5, 5.41) is 3.32. The van der Waals surface area contributed by atoms with E-state index in [4.69, 9.17) is 4.42 Å². The molecule has 2 aromatic heterocycles. The van der Waals surface area contributed by atoms with Crippen molar-refractivity contribution in [3.05, 3.63) is 221 Å². The molecule has 0 bridgehead atoms. The number of hydrogen-bond acceptors (Lipinski definition) is 2. The number of rotatable bonds is 7. The first-order chi connectivity index (χ1) is 29.4. The van der Waals surface area contributed by atoms with Gasteiger partial charge in [-0.25, -0.2) is 8.78 Å². The number of nitrogens with zero attached hydrogens (tertiary/aromatic N) is 1. The van der Waals surface area contributed by atoms with Crippen molar-refractivity contribution >= 4 is 50.7 Å². The quantitative estimate of drug-likeness (QED) is 0.151. The Labute approximate surface area is 344 Å². The average Bonchev–Trinajstić information content (AvgIpc) is 3.82. The third-order valence-corrected chi connectivity index (χ3v) is 11.8. The van der Waals surface area contributed by atoms with Gasteiger partial charge in [-0.3, -0.25) is 4.79 Å². The number of benzene rings is 8. The standard InChI is InChI=1S/C55H35F2NO2/c56-42-23-27-51-49(31-42)50-32-43(57)24-28-52(50)58(51)44-12-5-10-40(30-44)39-9-4-11-41(29-39)54(37-19-15-35(16-20-37)34-7-2-1-3-8-34)38-21-17-36(18-22-38)46-13-6-14-48-47-26-25-45(59)33-53(47)60-55(46)48/h1-24,26-33,54H,25H2. The largest absolute Gasteiger partial charge is 0.455 e. The van der Waals surface area contributed by atoms with Crippen LogP contribution in [0.25, 0.3) is 84.0 Å². The van der Waals surface area contributed by atoms with Gasteiger partial charge in [-0.05, 0) is 93.0 Å². The van der Waals surface area contributed by atoms with E-state index in [2.05, 4.69) is 126 Å². The number of Topliss-reactive ketones (excluding diaryl/α,β-unsaturated/α-hetero) is 1. The molecule has 1 aliphatic rings. The number of carbonyl (C=O) groups is 1. The van der Waals surface area contributed by atoms with Crippen LogP contribution >= 0.6 is 0 Å². The van der Waals surface area contributed by atoms with E-state index in [1.54, 1.807) is 18.2 Å². The van der Waals surface area contributed by atoms with Gasteiger partial charge in [-0.2, -0.15) is 0 Å². The van der Waals surface area contributed by atoms with Crippen LogP contribution in [0.5, 0.6) is 0 Å². The van der Waals surface area contributed by atoms with E-state index in [1.165, 1.54) is 29.8 Å². The number of aromatic nitrogens is 1. The maximum Gasteiger partial charge on any atom is 0.163 e. The van der Waals surface area contributed by atoms with Gasteiger partial charge in [0.05, 0.1) is 11.0 Å². The minimum Gasteiger partial charge on any atom is -0.455 e. The van der Waals surface area contributed by atoms with Crippen molar-refractivity contribution in [2.75, 3.05) is 0 Å². The molecule has 8 aromatic carbocycles. The number of halogens is 2. The Morgan fingerprint density at radius 1 is 0.500 bits per heavy atom. The Morgan fingerprint density at radius 3 is 1.80 bits per heavy atom. The molecule has 0 amide bonds. The van der Waals surface area contributed by atoms with Crippen LogP contribution in [0.2, 0.25) is 0 Å². The Kier molecular flexibility index (Phi) is 8.48. The lowest BCUT2D eigenvalue weighted by atomic mass is 9.83. The summed E-state index contributed by atoms with van der Waals surface area (Å²) in [7, 11) is 0. The zero-order chi connectivity index (χ0) is 40.3. The van der Waals surface area contributed by atoms with Crippen molar-refractivity contribution in [3.8, 4) is 39.1 Å². The van der Waals surface area contributed by atoms with Gasteiger partial charge in [0.25, 0.3) is 0 Å². The smallest absolute Gasteiger partial charge is 0.163 e. The zero-order valence-electron chi connectivity index (χ0n) is 32.3. The normalized spacial score (nSPS) is 13.0. The Bertz CT molecular complexity index is 3370. The van der Waals surface area contributed by atoms with E-state index < -0.39 is 0 Å². The first-order valence-corrected chi connectivity index (χ1v) is 20.1. The van der Waals surface area contributed by atoms with E-state index in [-0.39, 0.29) is 23.3 Å². The Balaban J connectivity index is 1.01. The van der Waals surface area contributed by atoms with Crippen molar-refractivity contribution in [1.82, 2.24) is 4.57 Å². The predicted molar refractivity (Wildman–Crippen MR) is 238 cm³/mol. The van der Waals surface area contributed by atoms with Crippen LogP contribution in [0.1, 0.15) is 29.0 Å². The fourth-order valence-corrected chi connectivity index (χ4v) is 9.01. The lowest BCUT2D eigenvalue weighted by molar-refractivity contribution is -0.112. The topological polar surface area (TPSA) is 35.1 Å². The third kappa shape index (κ3) is 6.14. The third-order valence-electron chi connectivity index (χ3n) is 11.8. The summed E-state index contributed by atoms with van der Waals surface area (Å²) >= 11 is 0. The molecule has 11 rings (SSSR count). The average molecular weight is 780 g/mol. The van der Waals surface area contributed by atoms with Crippen LogP contribution in [-0.2, 0) is 4.79 Å². The second kappa shape index (κ2) is 14.3. The number of para-hydroxylation sites is 1. The summed E-state index contributed by atoms with van der Waals surface area (Å²) in [6, 6.07) is 60.5. The van der Waals surface area contributed by atoms with Crippen LogP contribution in [0.3, 0.4) is 0 Å². The molecule has 0 saturated heterocycles. The van der Waals surface area contributed by atoms with Crippen LogP contribution in [-0.4, -0.2) is 10.4 Å². The molecule has 3 nitrogen and oxygen atoms in total. The summed E-state index contributed by atoms with van der Waals surface area (Å²) in [5.41, 5.74) is 13.7. The number of fused-ring (bicyclic) bond motifs is 6. The maximum atomic E-state index is 14.5. The van der Waals surface area contributed by atoms with Crippen molar-refractivity contribution in [2.24, 2.45) is 0 Å². The molecule has 60 heavy (non-hydrogen) atoms. The van der Waals surface area contributed by atoms with E-state index >= 15 is 0 Å². The second-order valence-corrected chi connectivity index (χ2v) is 15.5. The number of hydrogen-bond donors (Lipinski definition) is 0. The summed E-state index contributed by atoms with van der Waals surface area (Å²) in [6.07, 6.45) is 3.95. The fourth-order valence-electron chi connectivity index (χ4n) is 9.01. The summed E-state index contributed by atoms with van der Waals surface area (Å²) < 4.78 is 37.4. The van der Waals surface area contributed by atoms with Gasteiger partial charge in [-0.1, -0.05) is 140 Å². The van der Waals surface area contributed by atoms with Crippen LogP contribution in [0.15, 0.2) is 186 Å². The van der Waals surface area contributed by atoms with Gasteiger partial charge in [0, 0.05) is 51.0 Å². The maximum absolute atomic E-state index is 14.5. The molecule has 286 valence electrons. The SMILES string of the molecule is O=C1C=c2oc3c(-c4ccc(C(c5ccc(-c6ccccc6)cc5)c5cccc(-c6cccc(-n7c8ccc(F)cc8c8cc(F)ccc87)c6)c5)cc4)cccc3c2=CC1. The molecule has 1 unspecified atom stereocenters. The van der Waals surface area contributed by atoms with Gasteiger partial charge in [-0.15, -0.1) is 0 Å². The van der Waals surface area contributed by atoms with Gasteiger partial charge in [0.15, 0.2) is 5.78 Å². The Morgan fingerprint density at radius 2 is 1.10 bits per heavy atom. The molecule has 2 heterocycles. The summed E-state index contributed by atoms with van der Waals surface area (Å²) in [5.74, 6) is -0.762. The van der Waals surface area contributed by atoms with Crippen molar-refractivity contribution in [3.63, 3.8) is 0 Å². The fraction of sp³-hybridized carbons (Fsp3) is 0.0364. The van der Waals surface area contributed by atoms with Crippen molar-refractivity contribution < 1.29 is 18.0 Å².